The first-order chi connectivity index (χ1) is 13.6. The molecule has 3 rings (SSSR count). The van der Waals surface area contributed by atoms with Crippen molar-refractivity contribution in [3.63, 3.8) is 0 Å². The Kier molecular flexibility index (Phi) is 6.34. The number of benzene rings is 1. The molecule has 8 heteroatoms. The van der Waals surface area contributed by atoms with Crippen molar-refractivity contribution >= 4 is 13.4 Å². The zero-order valence-electron chi connectivity index (χ0n) is 16.5. The summed E-state index contributed by atoms with van der Waals surface area (Å²) in [5, 5.41) is 0. The van der Waals surface area contributed by atoms with Crippen molar-refractivity contribution in [2.24, 2.45) is 0 Å². The van der Waals surface area contributed by atoms with E-state index in [9.17, 15) is 17.6 Å². The average molecular weight is 406 g/mol. The number of pyridine rings is 1. The Labute approximate surface area is 169 Å². The molecule has 1 atom stereocenters. The number of aromatic nitrogens is 1. The van der Waals surface area contributed by atoms with Gasteiger partial charge in [-0.1, -0.05) is 12.1 Å². The van der Waals surface area contributed by atoms with Gasteiger partial charge in [0, 0.05) is 5.41 Å². The molecule has 2 radical (unpaired) electrons. The van der Waals surface area contributed by atoms with E-state index in [0.29, 0.717) is 6.61 Å². The Bertz CT molecular complexity index is 834. The van der Waals surface area contributed by atoms with Gasteiger partial charge in [0.2, 0.25) is 0 Å². The van der Waals surface area contributed by atoms with Gasteiger partial charge in [-0.15, -0.1) is 0 Å². The zero-order valence-corrected chi connectivity index (χ0v) is 16.5. The van der Waals surface area contributed by atoms with Gasteiger partial charge in [-0.3, -0.25) is 4.98 Å². The molecule has 1 aromatic carbocycles. The lowest BCUT2D eigenvalue weighted by atomic mass is 9.73. The number of hydrogen-bond donors (Lipinski definition) is 0. The van der Waals surface area contributed by atoms with Gasteiger partial charge < -0.3 is 9.64 Å². The molecule has 3 nitrogen and oxygen atoms in total. The lowest BCUT2D eigenvalue weighted by Crippen LogP contribution is -2.44. The van der Waals surface area contributed by atoms with E-state index in [1.807, 2.05) is 7.05 Å². The van der Waals surface area contributed by atoms with Gasteiger partial charge in [-0.05, 0) is 75.3 Å². The molecule has 0 bridgehead atoms. The van der Waals surface area contributed by atoms with Crippen LogP contribution in [0.4, 0.5) is 17.6 Å². The van der Waals surface area contributed by atoms with Crippen LogP contribution in [0.15, 0.2) is 36.4 Å². The number of piperidine rings is 1. The maximum absolute atomic E-state index is 13.4. The summed E-state index contributed by atoms with van der Waals surface area (Å²) in [6, 6.07) is 8.15. The third-order valence-electron chi connectivity index (χ3n) is 5.62. The highest BCUT2D eigenvalue weighted by Crippen LogP contribution is 2.37. The van der Waals surface area contributed by atoms with Gasteiger partial charge in [0.05, 0.1) is 24.0 Å². The first-order valence-electron chi connectivity index (χ1n) is 9.50. The van der Waals surface area contributed by atoms with Crippen LogP contribution in [0.2, 0.25) is 0 Å². The highest BCUT2D eigenvalue weighted by molar-refractivity contribution is 6.30. The molecule has 29 heavy (non-hydrogen) atoms. The molecule has 0 saturated carbocycles. The minimum Gasteiger partial charge on any atom is -0.371 e. The number of rotatable bonds is 5. The van der Waals surface area contributed by atoms with Crippen LogP contribution in [0, 0.1) is 5.82 Å². The number of halogens is 4. The molecule has 1 aliphatic heterocycles. The second kappa shape index (κ2) is 8.44. The fraction of sp³-hybridized carbons (Fsp3) is 0.476. The van der Waals surface area contributed by atoms with Crippen LogP contribution in [-0.2, 0) is 16.3 Å². The van der Waals surface area contributed by atoms with Crippen molar-refractivity contribution in [3.8, 4) is 0 Å². The number of alkyl halides is 3. The summed E-state index contributed by atoms with van der Waals surface area (Å²) in [6.07, 6.45) is -3.56. The van der Waals surface area contributed by atoms with Crippen LogP contribution < -0.4 is 5.59 Å². The molecule has 2 heterocycles. The van der Waals surface area contributed by atoms with E-state index in [1.165, 1.54) is 12.1 Å². The first-order valence-corrected chi connectivity index (χ1v) is 9.50. The van der Waals surface area contributed by atoms with Crippen molar-refractivity contribution in [2.45, 2.75) is 37.5 Å². The van der Waals surface area contributed by atoms with Crippen LogP contribution in [0.3, 0.4) is 0 Å². The molecule has 0 aliphatic carbocycles. The van der Waals surface area contributed by atoms with Gasteiger partial charge in [0.15, 0.2) is 0 Å². The lowest BCUT2D eigenvalue weighted by Gasteiger charge is -2.41. The second-order valence-corrected chi connectivity index (χ2v) is 7.75. The third-order valence-corrected chi connectivity index (χ3v) is 5.62. The maximum Gasteiger partial charge on any atom is 0.416 e. The van der Waals surface area contributed by atoms with Crippen molar-refractivity contribution < 1.29 is 22.3 Å². The predicted octanol–water partition coefficient (Wildman–Crippen LogP) is 3.77. The van der Waals surface area contributed by atoms with Crippen molar-refractivity contribution in [3.05, 3.63) is 59.0 Å². The summed E-state index contributed by atoms with van der Waals surface area (Å²) in [5.41, 5.74) is -0.266. The van der Waals surface area contributed by atoms with Crippen molar-refractivity contribution in [1.29, 1.82) is 0 Å². The molecule has 0 spiro atoms. The summed E-state index contributed by atoms with van der Waals surface area (Å²) in [4.78, 5) is 6.23. The summed E-state index contributed by atoms with van der Waals surface area (Å²) in [6.45, 7) is 3.66. The molecular weight excluding hydrogens is 383 g/mol. The average Bonchev–Trinajstić information content (AvgIpc) is 2.67. The Morgan fingerprint density at radius 3 is 2.38 bits per heavy atom. The van der Waals surface area contributed by atoms with E-state index in [0.717, 1.165) is 43.6 Å². The van der Waals surface area contributed by atoms with Gasteiger partial charge in [0.1, 0.15) is 13.7 Å². The topological polar surface area (TPSA) is 25.4 Å². The van der Waals surface area contributed by atoms with Crippen LogP contribution >= 0.6 is 0 Å². The van der Waals surface area contributed by atoms with Crippen LogP contribution in [0.1, 0.15) is 42.7 Å². The molecule has 1 saturated heterocycles. The Balaban J connectivity index is 1.81. The largest absolute Gasteiger partial charge is 0.416 e. The monoisotopic (exact) mass is 406 g/mol. The number of ether oxygens (including phenoxy) is 1. The van der Waals surface area contributed by atoms with E-state index in [2.05, 4.69) is 9.88 Å². The summed E-state index contributed by atoms with van der Waals surface area (Å²) >= 11 is 0. The minimum atomic E-state index is -4.51. The Hall–Kier alpha value is -1.93. The highest BCUT2D eigenvalue weighted by atomic mass is 19.4. The van der Waals surface area contributed by atoms with Gasteiger partial charge in [-0.25, -0.2) is 4.39 Å². The van der Waals surface area contributed by atoms with Crippen LogP contribution in [0.5, 0.6) is 0 Å². The molecule has 0 N–H and O–H groups in total. The summed E-state index contributed by atoms with van der Waals surface area (Å²) in [7, 11) is 7.61. The molecular formula is C21H23BF4N2O. The second-order valence-electron chi connectivity index (χ2n) is 7.75. The van der Waals surface area contributed by atoms with E-state index < -0.39 is 17.8 Å². The Morgan fingerprint density at radius 1 is 1.17 bits per heavy atom. The quantitative estimate of drug-likeness (QED) is 0.559. The van der Waals surface area contributed by atoms with E-state index in [1.54, 1.807) is 19.1 Å². The molecule has 154 valence electrons. The number of nitrogens with zero attached hydrogens (tertiary/aromatic N) is 2. The van der Waals surface area contributed by atoms with E-state index in [-0.39, 0.29) is 22.5 Å². The fourth-order valence-electron chi connectivity index (χ4n) is 3.68. The number of likely N-dealkylation sites (tertiary alicyclic amines) is 1. The SMILES string of the molecule is [B]c1cc(C(F)(F)F)cc(C(C)OCC2(c3ccc(F)cc3)CCN(C)CC2)n1. The normalized spacial score (nSPS) is 18.6. The van der Waals surface area contributed by atoms with Crippen molar-refractivity contribution in [2.75, 3.05) is 26.7 Å². The molecule has 1 aromatic heterocycles. The Morgan fingerprint density at radius 2 is 1.79 bits per heavy atom. The molecule has 1 aliphatic rings. The fourth-order valence-corrected chi connectivity index (χ4v) is 3.68. The summed E-state index contributed by atoms with van der Waals surface area (Å²) < 4.78 is 58.7. The van der Waals surface area contributed by atoms with E-state index >= 15 is 0 Å². The lowest BCUT2D eigenvalue weighted by molar-refractivity contribution is -0.137. The van der Waals surface area contributed by atoms with Gasteiger partial charge >= 0.3 is 6.18 Å². The molecule has 0 amide bonds. The molecule has 2 aromatic rings. The zero-order chi connectivity index (χ0) is 21.2. The number of hydrogen-bond acceptors (Lipinski definition) is 3. The third kappa shape index (κ3) is 5.17. The van der Waals surface area contributed by atoms with Gasteiger partial charge in [-0.2, -0.15) is 13.2 Å². The predicted molar refractivity (Wildman–Crippen MR) is 104 cm³/mol. The first kappa shape index (κ1) is 21.8. The van der Waals surface area contributed by atoms with Crippen LogP contribution in [-0.4, -0.2) is 44.5 Å². The maximum atomic E-state index is 13.4. The minimum absolute atomic E-state index is 0.138. The smallest absolute Gasteiger partial charge is 0.371 e. The molecule has 1 fully saturated rings. The van der Waals surface area contributed by atoms with Crippen molar-refractivity contribution in [1.82, 2.24) is 9.88 Å². The highest BCUT2D eigenvalue weighted by Gasteiger charge is 2.37. The summed E-state index contributed by atoms with van der Waals surface area (Å²) in [5.74, 6) is -0.310. The standard InChI is InChI=1S/C21H23BF4N2O/c1-14(18-11-16(21(24,25)26)12-19(22)27-18)29-13-20(7-9-28(2)10-8-20)15-3-5-17(23)6-4-15/h3-6,11-12,14H,7-10,13H2,1-2H3. The van der Waals surface area contributed by atoms with Crippen LogP contribution in [0.25, 0.3) is 0 Å². The van der Waals surface area contributed by atoms with Gasteiger partial charge in [0.25, 0.3) is 0 Å². The van der Waals surface area contributed by atoms with E-state index in [4.69, 9.17) is 12.6 Å². The molecule has 1 unspecified atom stereocenters.